The minimum atomic E-state index is -0.576. The highest BCUT2D eigenvalue weighted by Gasteiger charge is 2.32. The topological polar surface area (TPSA) is 49.4 Å². The standard InChI is InChI=1S/C32H38N2O2/c1-23-10-9-13-28(18-23)22-34(31(35)21-27-17-16-24(2)25(3)19-27)30(20-26-11-5-4-6-12-26)32(36)33-29-14-7-8-15-29/h4-6,9-13,16-19,29-30H,7-8,14-15,20-22H2,1-3H3,(H,33,36). The van der Waals surface area contributed by atoms with Crippen molar-refractivity contribution in [3.8, 4) is 0 Å². The fourth-order valence-corrected chi connectivity index (χ4v) is 5.12. The van der Waals surface area contributed by atoms with Crippen LogP contribution in [0.4, 0.5) is 0 Å². The summed E-state index contributed by atoms with van der Waals surface area (Å²) in [5.41, 5.74) is 6.59. The van der Waals surface area contributed by atoms with Crippen molar-refractivity contribution in [3.63, 3.8) is 0 Å². The number of aryl methyl sites for hydroxylation is 3. The fourth-order valence-electron chi connectivity index (χ4n) is 5.12. The van der Waals surface area contributed by atoms with Gasteiger partial charge in [0.25, 0.3) is 0 Å². The largest absolute Gasteiger partial charge is 0.352 e. The smallest absolute Gasteiger partial charge is 0.243 e. The third-order valence-corrected chi connectivity index (χ3v) is 7.33. The third-order valence-electron chi connectivity index (χ3n) is 7.33. The first-order valence-electron chi connectivity index (χ1n) is 13.1. The lowest BCUT2D eigenvalue weighted by Crippen LogP contribution is -2.52. The molecule has 2 amide bonds. The molecule has 1 atom stereocenters. The minimum absolute atomic E-state index is 0.0257. The Labute approximate surface area is 215 Å². The Morgan fingerprint density at radius 1 is 0.833 bits per heavy atom. The Bertz CT molecular complexity index is 1180. The van der Waals surface area contributed by atoms with Gasteiger partial charge in [-0.05, 0) is 61.4 Å². The molecule has 0 bridgehead atoms. The monoisotopic (exact) mass is 482 g/mol. The molecule has 0 heterocycles. The van der Waals surface area contributed by atoms with E-state index in [1.165, 1.54) is 11.1 Å². The number of rotatable bonds is 9. The van der Waals surface area contributed by atoms with E-state index in [1.807, 2.05) is 48.5 Å². The molecule has 3 aromatic carbocycles. The van der Waals surface area contributed by atoms with Crippen LogP contribution in [0.25, 0.3) is 0 Å². The van der Waals surface area contributed by atoms with E-state index in [0.717, 1.165) is 47.9 Å². The highest BCUT2D eigenvalue weighted by molar-refractivity contribution is 5.89. The number of hydrogen-bond acceptors (Lipinski definition) is 2. The van der Waals surface area contributed by atoms with E-state index in [4.69, 9.17) is 0 Å². The van der Waals surface area contributed by atoms with Crippen LogP contribution in [0, 0.1) is 20.8 Å². The zero-order valence-electron chi connectivity index (χ0n) is 21.8. The minimum Gasteiger partial charge on any atom is -0.352 e. The number of carbonyl (C=O) groups is 2. The van der Waals surface area contributed by atoms with E-state index >= 15 is 0 Å². The third kappa shape index (κ3) is 6.84. The molecule has 1 unspecified atom stereocenters. The van der Waals surface area contributed by atoms with Gasteiger partial charge in [0.2, 0.25) is 11.8 Å². The van der Waals surface area contributed by atoms with Crippen molar-refractivity contribution in [2.75, 3.05) is 0 Å². The number of benzene rings is 3. The van der Waals surface area contributed by atoms with Gasteiger partial charge >= 0.3 is 0 Å². The molecule has 0 spiro atoms. The molecule has 1 saturated carbocycles. The average Bonchev–Trinajstić information content (AvgIpc) is 3.37. The Morgan fingerprint density at radius 2 is 1.56 bits per heavy atom. The number of amides is 2. The van der Waals surface area contributed by atoms with Crippen molar-refractivity contribution < 1.29 is 9.59 Å². The van der Waals surface area contributed by atoms with Crippen molar-refractivity contribution in [1.82, 2.24) is 10.2 Å². The van der Waals surface area contributed by atoms with Crippen molar-refractivity contribution in [2.24, 2.45) is 0 Å². The van der Waals surface area contributed by atoms with Crippen LogP contribution in [0.3, 0.4) is 0 Å². The number of hydrogen-bond donors (Lipinski definition) is 1. The molecule has 1 aliphatic carbocycles. The van der Waals surface area contributed by atoms with Gasteiger partial charge in [-0.1, -0.05) is 91.2 Å². The van der Waals surface area contributed by atoms with Crippen LogP contribution >= 0.6 is 0 Å². The van der Waals surface area contributed by atoms with Gasteiger partial charge in [0.15, 0.2) is 0 Å². The molecular formula is C32H38N2O2. The van der Waals surface area contributed by atoms with E-state index in [0.29, 0.717) is 13.0 Å². The molecule has 36 heavy (non-hydrogen) atoms. The second kappa shape index (κ2) is 12.0. The molecule has 4 heteroatoms. The first kappa shape index (κ1) is 25.7. The van der Waals surface area contributed by atoms with Gasteiger partial charge in [-0.3, -0.25) is 9.59 Å². The van der Waals surface area contributed by atoms with Crippen LogP contribution in [-0.2, 0) is 29.0 Å². The quantitative estimate of drug-likeness (QED) is 0.416. The fraction of sp³-hybridized carbons (Fsp3) is 0.375. The second-order valence-electron chi connectivity index (χ2n) is 10.3. The zero-order chi connectivity index (χ0) is 25.5. The summed E-state index contributed by atoms with van der Waals surface area (Å²) < 4.78 is 0. The molecule has 0 aromatic heterocycles. The van der Waals surface area contributed by atoms with Crippen molar-refractivity contribution in [3.05, 3.63) is 106 Å². The van der Waals surface area contributed by atoms with Gasteiger partial charge in [-0.2, -0.15) is 0 Å². The van der Waals surface area contributed by atoms with Crippen LogP contribution in [0.5, 0.6) is 0 Å². The first-order valence-corrected chi connectivity index (χ1v) is 13.1. The first-order chi connectivity index (χ1) is 17.4. The molecule has 3 aromatic rings. The maximum Gasteiger partial charge on any atom is 0.243 e. The molecule has 4 rings (SSSR count). The maximum absolute atomic E-state index is 13.9. The second-order valence-corrected chi connectivity index (χ2v) is 10.3. The summed E-state index contributed by atoms with van der Waals surface area (Å²) in [6.07, 6.45) is 5.08. The summed E-state index contributed by atoms with van der Waals surface area (Å²) in [7, 11) is 0. The van der Waals surface area contributed by atoms with Crippen LogP contribution in [0.15, 0.2) is 72.8 Å². The lowest BCUT2D eigenvalue weighted by Gasteiger charge is -2.32. The molecule has 0 aliphatic heterocycles. The van der Waals surface area contributed by atoms with E-state index in [9.17, 15) is 9.59 Å². The van der Waals surface area contributed by atoms with E-state index in [1.54, 1.807) is 4.90 Å². The molecule has 4 nitrogen and oxygen atoms in total. The van der Waals surface area contributed by atoms with Crippen LogP contribution in [0.2, 0.25) is 0 Å². The molecule has 188 valence electrons. The molecule has 1 N–H and O–H groups in total. The van der Waals surface area contributed by atoms with E-state index in [-0.39, 0.29) is 24.3 Å². The number of carbonyl (C=O) groups excluding carboxylic acids is 2. The number of nitrogens with one attached hydrogen (secondary N) is 1. The lowest BCUT2D eigenvalue weighted by molar-refractivity contribution is -0.141. The lowest BCUT2D eigenvalue weighted by atomic mass is 9.99. The SMILES string of the molecule is Cc1cccc(CN(C(=O)Cc2ccc(C)c(C)c2)C(Cc2ccccc2)C(=O)NC2CCCC2)c1. The number of nitrogens with zero attached hydrogens (tertiary/aromatic N) is 1. The predicted octanol–water partition coefficient (Wildman–Crippen LogP) is 5.85. The van der Waals surface area contributed by atoms with Crippen molar-refractivity contribution in [1.29, 1.82) is 0 Å². The normalized spacial score (nSPS) is 14.4. The van der Waals surface area contributed by atoms with Gasteiger partial charge in [0, 0.05) is 19.0 Å². The van der Waals surface area contributed by atoms with Gasteiger partial charge in [-0.25, -0.2) is 0 Å². The Morgan fingerprint density at radius 3 is 2.25 bits per heavy atom. The van der Waals surface area contributed by atoms with Gasteiger partial charge in [-0.15, -0.1) is 0 Å². The zero-order valence-corrected chi connectivity index (χ0v) is 21.8. The van der Waals surface area contributed by atoms with Crippen LogP contribution in [-0.4, -0.2) is 28.8 Å². The summed E-state index contributed by atoms with van der Waals surface area (Å²) in [4.78, 5) is 29.5. The Hall–Kier alpha value is -3.40. The van der Waals surface area contributed by atoms with Crippen molar-refractivity contribution >= 4 is 11.8 Å². The van der Waals surface area contributed by atoms with Gasteiger partial charge in [0.1, 0.15) is 6.04 Å². The highest BCUT2D eigenvalue weighted by atomic mass is 16.2. The summed E-state index contributed by atoms with van der Waals surface area (Å²) in [6, 6.07) is 24.0. The van der Waals surface area contributed by atoms with Gasteiger partial charge < -0.3 is 10.2 Å². The summed E-state index contributed by atoms with van der Waals surface area (Å²) >= 11 is 0. The van der Waals surface area contributed by atoms with Crippen LogP contribution < -0.4 is 5.32 Å². The predicted molar refractivity (Wildman–Crippen MR) is 146 cm³/mol. The summed E-state index contributed by atoms with van der Waals surface area (Å²) in [6.45, 7) is 6.61. The molecule has 0 saturated heterocycles. The maximum atomic E-state index is 13.9. The average molecular weight is 483 g/mol. The van der Waals surface area contributed by atoms with Gasteiger partial charge in [0.05, 0.1) is 6.42 Å². The van der Waals surface area contributed by atoms with E-state index < -0.39 is 6.04 Å². The highest BCUT2D eigenvalue weighted by Crippen LogP contribution is 2.21. The van der Waals surface area contributed by atoms with Crippen LogP contribution in [0.1, 0.15) is 59.1 Å². The van der Waals surface area contributed by atoms with Crippen molar-refractivity contribution in [2.45, 2.75) is 77.9 Å². The Balaban J connectivity index is 1.66. The Kier molecular flexibility index (Phi) is 8.58. The molecular weight excluding hydrogens is 444 g/mol. The molecule has 1 aliphatic rings. The summed E-state index contributed by atoms with van der Waals surface area (Å²) in [5, 5.41) is 3.28. The molecule has 0 radical (unpaired) electrons. The molecule has 1 fully saturated rings. The summed E-state index contributed by atoms with van der Waals surface area (Å²) in [5.74, 6) is -0.0749. The van der Waals surface area contributed by atoms with E-state index in [2.05, 4.69) is 50.4 Å².